The van der Waals surface area contributed by atoms with Crippen molar-refractivity contribution in [2.24, 2.45) is 0 Å². The Labute approximate surface area is 260 Å². The van der Waals surface area contributed by atoms with Gasteiger partial charge in [0.25, 0.3) is 5.91 Å². The molecule has 10 heteroatoms. The van der Waals surface area contributed by atoms with Crippen molar-refractivity contribution in [3.8, 4) is 0 Å². The van der Waals surface area contributed by atoms with Crippen LogP contribution < -0.4 is 10.6 Å². The number of aryl methyl sites for hydroxylation is 4. The molecule has 9 nitrogen and oxygen atoms in total. The van der Waals surface area contributed by atoms with E-state index in [1.165, 1.54) is 16.7 Å². The van der Waals surface area contributed by atoms with Gasteiger partial charge in [0.15, 0.2) is 12.2 Å². The summed E-state index contributed by atoms with van der Waals surface area (Å²) in [7, 11) is 0. The van der Waals surface area contributed by atoms with Gasteiger partial charge in [0.1, 0.15) is 6.61 Å². The molecule has 0 aliphatic carbocycles. The zero-order valence-electron chi connectivity index (χ0n) is 25.9. The predicted molar refractivity (Wildman–Crippen MR) is 169 cm³/mol. The molecule has 0 radical (unpaired) electrons. The minimum absolute atomic E-state index is 0.136. The summed E-state index contributed by atoms with van der Waals surface area (Å²) in [6.07, 6.45) is 2.75. The Morgan fingerprint density at radius 2 is 1.56 bits per heavy atom. The number of carboxylic acids is 1. The summed E-state index contributed by atoms with van der Waals surface area (Å²) in [4.78, 5) is 36.8. The fourth-order valence-electron chi connectivity index (χ4n) is 4.40. The summed E-state index contributed by atoms with van der Waals surface area (Å²) < 4.78 is 15.9. The number of hydrogen-bond acceptors (Lipinski definition) is 7. The van der Waals surface area contributed by atoms with Gasteiger partial charge in [0.2, 0.25) is 0 Å². The minimum atomic E-state index is -1.65. The number of nitrogens with one attached hydrogen (secondary N) is 2. The molecule has 2 atom stereocenters. The molecule has 0 aliphatic rings. The van der Waals surface area contributed by atoms with Gasteiger partial charge in [-0.05, 0) is 101 Å². The molecule has 0 aliphatic heterocycles. The molecule has 1 amide bonds. The van der Waals surface area contributed by atoms with Crippen LogP contribution in [0, 0.1) is 20.8 Å². The highest BCUT2D eigenvalue weighted by molar-refractivity contribution is 6.31. The maximum absolute atomic E-state index is 13.0. The van der Waals surface area contributed by atoms with Crippen molar-refractivity contribution < 1.29 is 33.7 Å². The summed E-state index contributed by atoms with van der Waals surface area (Å²) in [5, 5.41) is 16.6. The first-order valence-electron chi connectivity index (χ1n) is 15.1. The third kappa shape index (κ3) is 13.8. The van der Waals surface area contributed by atoms with Gasteiger partial charge in [-0.1, -0.05) is 42.3 Å². The Morgan fingerprint density at radius 3 is 2.26 bits per heavy atom. The number of hydrogen-bond donors (Lipinski definition) is 3. The van der Waals surface area contributed by atoms with Crippen molar-refractivity contribution >= 4 is 35.1 Å². The lowest BCUT2D eigenvalue weighted by molar-refractivity contribution is -0.174. The van der Waals surface area contributed by atoms with E-state index in [0.29, 0.717) is 24.4 Å². The van der Waals surface area contributed by atoms with Gasteiger partial charge in [-0.2, -0.15) is 0 Å². The van der Waals surface area contributed by atoms with Crippen LogP contribution in [-0.4, -0.2) is 68.1 Å². The molecule has 2 aromatic carbocycles. The van der Waals surface area contributed by atoms with E-state index in [1.54, 1.807) is 6.92 Å². The first-order chi connectivity index (χ1) is 20.6. The molecule has 0 saturated carbocycles. The topological polar surface area (TPSA) is 123 Å². The lowest BCUT2D eigenvalue weighted by atomic mass is 10.0. The fourth-order valence-corrected chi connectivity index (χ4v) is 4.58. The Hall–Kier alpha value is -3.14. The van der Waals surface area contributed by atoms with Crippen LogP contribution in [0.15, 0.2) is 36.4 Å². The highest BCUT2D eigenvalue weighted by Crippen LogP contribution is 2.20. The van der Waals surface area contributed by atoms with Crippen LogP contribution in [0.1, 0.15) is 67.7 Å². The van der Waals surface area contributed by atoms with Crippen molar-refractivity contribution in [2.45, 2.75) is 84.8 Å². The summed E-state index contributed by atoms with van der Waals surface area (Å²) in [6, 6.07) is 12.3. The van der Waals surface area contributed by atoms with Crippen LogP contribution in [0.25, 0.3) is 0 Å². The Kier molecular flexibility index (Phi) is 16.7. The first-order valence-corrected chi connectivity index (χ1v) is 15.5. The lowest BCUT2D eigenvalue weighted by Gasteiger charge is -2.23. The Bertz CT molecular complexity index is 1170. The maximum atomic E-state index is 13.0. The SMILES string of the molecule is CCOC(=O)COC(C(=O)O)C(OCCCCCc1ccc(C)c(C)c1)C(=O)NCCCCCNc1ccc(C)c(Cl)c1. The third-order valence-electron chi connectivity index (χ3n) is 7.10. The van der Waals surface area contributed by atoms with Gasteiger partial charge in [0, 0.05) is 30.4 Å². The molecular weight excluding hydrogens is 572 g/mol. The summed E-state index contributed by atoms with van der Waals surface area (Å²) in [5.74, 6) is -2.68. The van der Waals surface area contributed by atoms with E-state index < -0.39 is 36.7 Å². The molecule has 0 spiro atoms. The van der Waals surface area contributed by atoms with Crippen LogP contribution in [0.4, 0.5) is 5.69 Å². The Balaban J connectivity index is 1.82. The monoisotopic (exact) mass is 618 g/mol. The third-order valence-corrected chi connectivity index (χ3v) is 7.50. The largest absolute Gasteiger partial charge is 0.479 e. The molecule has 0 saturated heterocycles. The number of esters is 1. The molecule has 2 unspecified atom stereocenters. The smallest absolute Gasteiger partial charge is 0.336 e. The van der Waals surface area contributed by atoms with Crippen molar-refractivity contribution in [3.63, 3.8) is 0 Å². The van der Waals surface area contributed by atoms with E-state index >= 15 is 0 Å². The van der Waals surface area contributed by atoms with E-state index in [4.69, 9.17) is 25.8 Å². The first kappa shape index (κ1) is 36.1. The fraction of sp³-hybridized carbons (Fsp3) is 0.545. The second-order valence-electron chi connectivity index (χ2n) is 10.6. The molecule has 3 N–H and O–H groups in total. The highest BCUT2D eigenvalue weighted by atomic mass is 35.5. The summed E-state index contributed by atoms with van der Waals surface area (Å²) >= 11 is 6.17. The van der Waals surface area contributed by atoms with E-state index in [-0.39, 0.29) is 13.2 Å². The predicted octanol–water partition coefficient (Wildman–Crippen LogP) is 5.79. The average molecular weight is 619 g/mol. The highest BCUT2D eigenvalue weighted by Gasteiger charge is 2.36. The van der Waals surface area contributed by atoms with Crippen LogP contribution in [-0.2, 0) is 35.0 Å². The second-order valence-corrected chi connectivity index (χ2v) is 11.0. The standard InChI is InChI=1S/C33H47ClN2O7/c1-5-41-29(37)22-43-31(33(39)40)30(42-19-11-6-8-12-26-15-13-23(2)25(4)20-26)32(38)36-18-10-7-9-17-35-27-16-14-24(3)28(34)21-27/h13-16,20-21,30-31,35H,5-12,17-19,22H2,1-4H3,(H,36,38)(H,39,40). The molecule has 0 bridgehead atoms. The summed E-state index contributed by atoms with van der Waals surface area (Å²) in [6.45, 7) is 8.62. The van der Waals surface area contributed by atoms with Crippen LogP contribution in [0.5, 0.6) is 0 Å². The Morgan fingerprint density at radius 1 is 0.837 bits per heavy atom. The van der Waals surface area contributed by atoms with Gasteiger partial charge in [-0.15, -0.1) is 0 Å². The van der Waals surface area contributed by atoms with E-state index in [2.05, 4.69) is 42.7 Å². The average Bonchev–Trinajstić information content (AvgIpc) is 2.96. The number of rotatable bonds is 21. The maximum Gasteiger partial charge on any atom is 0.336 e. The van der Waals surface area contributed by atoms with Crippen LogP contribution >= 0.6 is 11.6 Å². The number of unbranched alkanes of at least 4 members (excludes halogenated alkanes) is 4. The van der Waals surface area contributed by atoms with Gasteiger partial charge < -0.3 is 30.0 Å². The number of amides is 1. The van der Waals surface area contributed by atoms with Crippen molar-refractivity contribution in [1.82, 2.24) is 5.32 Å². The molecule has 0 heterocycles. The molecule has 0 fully saturated rings. The molecule has 238 valence electrons. The van der Waals surface area contributed by atoms with Gasteiger partial charge in [-0.3, -0.25) is 4.79 Å². The number of halogens is 1. The number of carbonyl (C=O) groups excluding carboxylic acids is 2. The number of anilines is 1. The zero-order chi connectivity index (χ0) is 31.6. The number of carbonyl (C=O) groups is 3. The van der Waals surface area contributed by atoms with E-state index in [9.17, 15) is 19.5 Å². The quantitative estimate of drug-likeness (QED) is 0.119. The number of aliphatic carboxylic acids is 1. The molecule has 2 aromatic rings. The molecule has 43 heavy (non-hydrogen) atoms. The zero-order valence-corrected chi connectivity index (χ0v) is 26.6. The van der Waals surface area contributed by atoms with E-state index in [1.807, 2.05) is 25.1 Å². The van der Waals surface area contributed by atoms with Crippen molar-refractivity contribution in [1.29, 1.82) is 0 Å². The summed E-state index contributed by atoms with van der Waals surface area (Å²) in [5.41, 5.74) is 5.78. The van der Waals surface area contributed by atoms with Crippen molar-refractivity contribution in [3.05, 3.63) is 63.7 Å². The number of carboxylic acid groups (broad SMARTS) is 1. The number of ether oxygens (including phenoxy) is 3. The lowest BCUT2D eigenvalue weighted by Crippen LogP contribution is -2.49. The van der Waals surface area contributed by atoms with Gasteiger partial charge >= 0.3 is 11.9 Å². The minimum Gasteiger partial charge on any atom is -0.479 e. The van der Waals surface area contributed by atoms with E-state index in [0.717, 1.165) is 49.9 Å². The van der Waals surface area contributed by atoms with Crippen LogP contribution in [0.2, 0.25) is 5.02 Å². The van der Waals surface area contributed by atoms with Crippen molar-refractivity contribution in [2.75, 3.05) is 38.2 Å². The second kappa shape index (κ2) is 19.9. The molecule has 0 aromatic heterocycles. The number of benzene rings is 2. The normalized spacial score (nSPS) is 12.4. The molecular formula is C33H47ClN2O7. The van der Waals surface area contributed by atoms with Gasteiger partial charge in [0.05, 0.1) is 6.61 Å². The molecule has 2 rings (SSSR count). The van der Waals surface area contributed by atoms with Gasteiger partial charge in [-0.25, -0.2) is 9.59 Å². The van der Waals surface area contributed by atoms with Crippen LogP contribution in [0.3, 0.4) is 0 Å².